The number of nitrogens with zero attached hydrogens (tertiary/aromatic N) is 2. The van der Waals surface area contributed by atoms with Crippen molar-refractivity contribution in [2.75, 3.05) is 23.7 Å². The zero-order valence-electron chi connectivity index (χ0n) is 11.0. The number of rotatable bonds is 2. The fraction of sp³-hybridized carbons (Fsp3) is 0.538. The number of hydrogen-bond acceptors (Lipinski definition) is 4. The quantitative estimate of drug-likeness (QED) is 0.909. The molecule has 1 aromatic heterocycles. The van der Waals surface area contributed by atoms with Gasteiger partial charge in [0.2, 0.25) is 0 Å². The van der Waals surface area contributed by atoms with Crippen LogP contribution in [0.2, 0.25) is 5.02 Å². The summed E-state index contributed by atoms with van der Waals surface area (Å²) in [5.41, 5.74) is 0.114. The van der Waals surface area contributed by atoms with Gasteiger partial charge in [0.25, 0.3) is 0 Å². The Morgan fingerprint density at radius 3 is 2.95 bits per heavy atom. The summed E-state index contributed by atoms with van der Waals surface area (Å²) in [5, 5.41) is 9.27. The third-order valence-corrected chi connectivity index (χ3v) is 4.91. The lowest BCUT2D eigenvalue weighted by atomic mass is 10.1. The number of hydrogen-bond donors (Lipinski definition) is 1. The second-order valence-electron chi connectivity index (χ2n) is 5.17. The molecule has 2 rings (SSSR count). The van der Waals surface area contributed by atoms with Crippen molar-refractivity contribution in [1.82, 2.24) is 4.98 Å². The highest BCUT2D eigenvalue weighted by atomic mass is 35.5. The fourth-order valence-electron chi connectivity index (χ4n) is 2.01. The smallest absolute Gasteiger partial charge is 0.337 e. The number of thioether (sulfide) groups is 1. The minimum Gasteiger partial charge on any atom is -0.478 e. The maximum Gasteiger partial charge on any atom is 0.337 e. The van der Waals surface area contributed by atoms with Crippen LogP contribution in [0.1, 0.15) is 30.6 Å². The minimum atomic E-state index is -1.02. The van der Waals surface area contributed by atoms with E-state index in [4.69, 9.17) is 16.7 Å². The second-order valence-corrected chi connectivity index (χ2v) is 7.38. The zero-order chi connectivity index (χ0) is 14.0. The predicted octanol–water partition coefficient (Wildman–Crippen LogP) is 3.16. The Hall–Kier alpha value is -0.940. The Bertz CT molecular complexity index is 494. The standard InChI is InChI=1S/C13H17ClN2O2S/c1-13(2)3-4-16(5-6-19-13)11-7-9(12(17)18)10(14)8-15-11/h7-8H,3-6H2,1-2H3,(H,17,18). The third kappa shape index (κ3) is 3.54. The second kappa shape index (κ2) is 5.59. The van der Waals surface area contributed by atoms with Gasteiger partial charge >= 0.3 is 5.97 Å². The van der Waals surface area contributed by atoms with Crippen LogP contribution in [-0.4, -0.2) is 39.6 Å². The SMILES string of the molecule is CC1(C)CCN(c2cc(C(=O)O)c(Cl)cn2)CCS1. The number of carboxylic acids is 1. The van der Waals surface area contributed by atoms with Crippen LogP contribution in [0.25, 0.3) is 0 Å². The number of aromatic nitrogens is 1. The Morgan fingerprint density at radius 2 is 2.26 bits per heavy atom. The average molecular weight is 301 g/mol. The molecule has 0 spiro atoms. The highest BCUT2D eigenvalue weighted by Crippen LogP contribution is 2.32. The van der Waals surface area contributed by atoms with Gasteiger partial charge in [-0.3, -0.25) is 0 Å². The number of carbonyl (C=O) groups is 1. The molecule has 0 saturated carbocycles. The van der Waals surface area contributed by atoms with Gasteiger partial charge in [0.15, 0.2) is 0 Å². The van der Waals surface area contributed by atoms with Gasteiger partial charge in [-0.1, -0.05) is 25.4 Å². The molecule has 0 bridgehead atoms. The molecular weight excluding hydrogens is 284 g/mol. The lowest BCUT2D eigenvalue weighted by Crippen LogP contribution is -2.28. The van der Waals surface area contributed by atoms with E-state index in [1.807, 2.05) is 11.8 Å². The average Bonchev–Trinajstić information content (AvgIpc) is 2.51. The van der Waals surface area contributed by atoms with Crippen LogP contribution in [0.3, 0.4) is 0 Å². The molecule has 0 atom stereocenters. The molecule has 1 N–H and O–H groups in total. The molecule has 1 fully saturated rings. The Morgan fingerprint density at radius 1 is 1.53 bits per heavy atom. The largest absolute Gasteiger partial charge is 0.478 e. The maximum absolute atomic E-state index is 11.1. The van der Waals surface area contributed by atoms with Crippen LogP contribution < -0.4 is 4.90 Å². The lowest BCUT2D eigenvalue weighted by Gasteiger charge is -2.23. The van der Waals surface area contributed by atoms with E-state index in [9.17, 15) is 4.79 Å². The summed E-state index contributed by atoms with van der Waals surface area (Å²) in [6.45, 7) is 6.23. The molecule has 104 valence electrons. The van der Waals surface area contributed by atoms with Gasteiger partial charge in [-0.2, -0.15) is 11.8 Å². The molecule has 0 aliphatic carbocycles. The zero-order valence-corrected chi connectivity index (χ0v) is 12.6. The van der Waals surface area contributed by atoms with E-state index in [1.165, 1.54) is 6.20 Å². The van der Waals surface area contributed by atoms with E-state index < -0.39 is 5.97 Å². The Labute approximate surface area is 122 Å². The molecular formula is C13H17ClN2O2S. The minimum absolute atomic E-state index is 0.114. The van der Waals surface area contributed by atoms with E-state index in [0.717, 1.165) is 25.3 Å². The molecule has 4 nitrogen and oxygen atoms in total. The van der Waals surface area contributed by atoms with Gasteiger partial charge in [-0.05, 0) is 12.5 Å². The van der Waals surface area contributed by atoms with Crippen LogP contribution in [0.4, 0.5) is 5.82 Å². The number of pyridine rings is 1. The third-order valence-electron chi connectivity index (χ3n) is 3.23. The summed E-state index contributed by atoms with van der Waals surface area (Å²) in [7, 11) is 0. The van der Waals surface area contributed by atoms with Gasteiger partial charge in [-0.25, -0.2) is 9.78 Å². The molecule has 1 aromatic rings. The van der Waals surface area contributed by atoms with Gasteiger partial charge in [0.1, 0.15) is 5.82 Å². The molecule has 19 heavy (non-hydrogen) atoms. The van der Waals surface area contributed by atoms with E-state index >= 15 is 0 Å². The monoisotopic (exact) mass is 300 g/mol. The first-order valence-electron chi connectivity index (χ1n) is 6.17. The number of carboxylic acid groups (broad SMARTS) is 1. The first-order valence-corrected chi connectivity index (χ1v) is 7.53. The maximum atomic E-state index is 11.1. The summed E-state index contributed by atoms with van der Waals surface area (Å²) >= 11 is 7.78. The van der Waals surface area contributed by atoms with Gasteiger partial charge in [0, 0.05) is 29.8 Å². The molecule has 6 heteroatoms. The first kappa shape index (κ1) is 14.5. The summed E-state index contributed by atoms with van der Waals surface area (Å²) in [6, 6.07) is 1.56. The van der Waals surface area contributed by atoms with Crippen LogP contribution >= 0.6 is 23.4 Å². The van der Waals surface area contributed by atoms with Crippen LogP contribution in [-0.2, 0) is 0 Å². The molecule has 1 saturated heterocycles. The predicted molar refractivity (Wildman–Crippen MR) is 79.6 cm³/mol. The van der Waals surface area contributed by atoms with Crippen molar-refractivity contribution >= 4 is 35.1 Å². The number of anilines is 1. The molecule has 2 heterocycles. The van der Waals surface area contributed by atoms with E-state index in [0.29, 0.717) is 5.82 Å². The highest BCUT2D eigenvalue weighted by molar-refractivity contribution is 8.00. The van der Waals surface area contributed by atoms with Crippen LogP contribution in [0.5, 0.6) is 0 Å². The number of aromatic carboxylic acids is 1. The van der Waals surface area contributed by atoms with E-state index in [2.05, 4.69) is 23.7 Å². The fourth-order valence-corrected chi connectivity index (χ4v) is 3.30. The topological polar surface area (TPSA) is 53.4 Å². The van der Waals surface area contributed by atoms with Crippen molar-refractivity contribution < 1.29 is 9.90 Å². The summed E-state index contributed by atoms with van der Waals surface area (Å²) < 4.78 is 0.261. The van der Waals surface area contributed by atoms with Crippen molar-refractivity contribution in [1.29, 1.82) is 0 Å². The Balaban J connectivity index is 2.22. The van der Waals surface area contributed by atoms with E-state index in [1.54, 1.807) is 6.07 Å². The lowest BCUT2D eigenvalue weighted by molar-refractivity contribution is 0.0697. The summed E-state index contributed by atoms with van der Waals surface area (Å²) in [5.74, 6) is 0.693. The molecule has 1 aliphatic heterocycles. The van der Waals surface area contributed by atoms with Crippen molar-refractivity contribution in [3.8, 4) is 0 Å². The molecule has 0 radical (unpaired) electrons. The number of halogens is 1. The Kier molecular flexibility index (Phi) is 4.26. The van der Waals surface area contributed by atoms with E-state index in [-0.39, 0.29) is 15.3 Å². The first-order chi connectivity index (χ1) is 8.89. The van der Waals surface area contributed by atoms with Gasteiger partial charge < -0.3 is 10.0 Å². The van der Waals surface area contributed by atoms with Crippen molar-refractivity contribution in [2.45, 2.75) is 25.0 Å². The van der Waals surface area contributed by atoms with Crippen molar-refractivity contribution in [3.05, 3.63) is 22.8 Å². The van der Waals surface area contributed by atoms with Gasteiger partial charge in [-0.15, -0.1) is 0 Å². The van der Waals surface area contributed by atoms with Crippen LogP contribution in [0.15, 0.2) is 12.3 Å². The summed E-state index contributed by atoms with van der Waals surface area (Å²) in [4.78, 5) is 17.5. The molecule has 0 amide bonds. The highest BCUT2D eigenvalue weighted by Gasteiger charge is 2.24. The molecule has 0 aromatic carbocycles. The normalized spacial score (nSPS) is 19.0. The molecule has 0 unspecified atom stereocenters. The summed E-state index contributed by atoms with van der Waals surface area (Å²) in [6.07, 6.45) is 2.47. The van der Waals surface area contributed by atoms with Crippen LogP contribution in [0, 0.1) is 0 Å². The van der Waals surface area contributed by atoms with Gasteiger partial charge in [0.05, 0.1) is 10.6 Å². The molecule has 1 aliphatic rings. The van der Waals surface area contributed by atoms with Crippen molar-refractivity contribution in [2.24, 2.45) is 0 Å². The van der Waals surface area contributed by atoms with Crippen molar-refractivity contribution in [3.63, 3.8) is 0 Å².